The third-order valence-electron chi connectivity index (χ3n) is 1.88. The van der Waals surface area contributed by atoms with E-state index in [-0.39, 0.29) is 11.3 Å². The average Bonchev–Trinajstić information content (AvgIpc) is 2.20. The number of amides is 1. The smallest absolute Gasteiger partial charge is 0.339 e. The predicted octanol–water partition coefficient (Wildman–Crippen LogP) is 1.24. The number of rotatable bonds is 4. The van der Waals surface area contributed by atoms with E-state index in [9.17, 15) is 9.59 Å². The lowest BCUT2D eigenvalue weighted by Gasteiger charge is -2.13. The Hall–Kier alpha value is -1.31. The van der Waals surface area contributed by atoms with Crippen molar-refractivity contribution in [3.63, 3.8) is 0 Å². The average molecular weight is 335 g/mol. The maximum absolute atomic E-state index is 10.9. The molecule has 0 spiro atoms. The zero-order valence-corrected chi connectivity index (χ0v) is 10.6. The van der Waals surface area contributed by atoms with Crippen LogP contribution in [0, 0.1) is 3.57 Å². The summed E-state index contributed by atoms with van der Waals surface area (Å²) in [6.07, 6.45) is -0.863. The summed E-state index contributed by atoms with van der Waals surface area (Å²) in [5.74, 6) is -1.61. The van der Waals surface area contributed by atoms with Gasteiger partial charge in [0, 0.05) is 3.57 Å². The molecule has 3 N–H and O–H groups in total. The van der Waals surface area contributed by atoms with Crippen molar-refractivity contribution in [2.24, 2.45) is 5.73 Å². The number of primary amides is 1. The Kier molecular flexibility index (Phi) is 4.11. The van der Waals surface area contributed by atoms with Crippen LogP contribution in [0.15, 0.2) is 18.2 Å². The Morgan fingerprint density at radius 2 is 2.12 bits per heavy atom. The first-order valence-corrected chi connectivity index (χ1v) is 5.48. The molecule has 1 atom stereocenters. The molecule has 1 aromatic rings. The van der Waals surface area contributed by atoms with Gasteiger partial charge < -0.3 is 15.6 Å². The lowest BCUT2D eigenvalue weighted by molar-refractivity contribution is -0.124. The summed E-state index contributed by atoms with van der Waals surface area (Å²) in [6, 6.07) is 4.66. The van der Waals surface area contributed by atoms with Gasteiger partial charge in [0.25, 0.3) is 5.91 Å². The van der Waals surface area contributed by atoms with Gasteiger partial charge in [-0.3, -0.25) is 4.79 Å². The van der Waals surface area contributed by atoms with E-state index >= 15 is 0 Å². The second kappa shape index (κ2) is 5.15. The summed E-state index contributed by atoms with van der Waals surface area (Å²) in [7, 11) is 0. The lowest BCUT2D eigenvalue weighted by atomic mass is 10.2. The van der Waals surface area contributed by atoms with Crippen LogP contribution < -0.4 is 10.5 Å². The van der Waals surface area contributed by atoms with Crippen LogP contribution in [0.1, 0.15) is 17.3 Å². The number of benzene rings is 1. The van der Waals surface area contributed by atoms with E-state index in [0.29, 0.717) is 0 Å². The van der Waals surface area contributed by atoms with Crippen LogP contribution in [-0.2, 0) is 4.79 Å². The molecule has 0 heterocycles. The van der Waals surface area contributed by atoms with E-state index in [1.165, 1.54) is 19.1 Å². The van der Waals surface area contributed by atoms with Gasteiger partial charge in [-0.25, -0.2) is 4.79 Å². The molecule has 0 fully saturated rings. The van der Waals surface area contributed by atoms with Crippen LogP contribution >= 0.6 is 22.6 Å². The Labute approximate surface area is 106 Å². The first kappa shape index (κ1) is 12.8. The maximum atomic E-state index is 10.9. The highest BCUT2D eigenvalue weighted by Gasteiger charge is 2.16. The number of carboxylic acid groups (broad SMARTS) is 1. The number of carboxylic acids is 1. The third kappa shape index (κ3) is 3.09. The highest BCUT2D eigenvalue weighted by Crippen LogP contribution is 2.22. The van der Waals surface area contributed by atoms with Crippen molar-refractivity contribution in [1.82, 2.24) is 0 Å². The largest absolute Gasteiger partial charge is 0.480 e. The predicted molar refractivity (Wildman–Crippen MR) is 65.4 cm³/mol. The Morgan fingerprint density at radius 3 is 2.62 bits per heavy atom. The molecule has 1 rings (SSSR count). The molecule has 5 nitrogen and oxygen atoms in total. The quantitative estimate of drug-likeness (QED) is 0.811. The highest BCUT2D eigenvalue weighted by molar-refractivity contribution is 14.1. The summed E-state index contributed by atoms with van der Waals surface area (Å²) in [5.41, 5.74) is 5.04. The molecule has 1 amide bonds. The first-order valence-electron chi connectivity index (χ1n) is 4.40. The van der Waals surface area contributed by atoms with Gasteiger partial charge in [0.15, 0.2) is 6.10 Å². The summed E-state index contributed by atoms with van der Waals surface area (Å²) in [4.78, 5) is 21.7. The number of hydrogen-bond acceptors (Lipinski definition) is 3. The van der Waals surface area contributed by atoms with E-state index in [1.54, 1.807) is 6.07 Å². The fourth-order valence-electron chi connectivity index (χ4n) is 1.02. The molecule has 0 saturated heterocycles. The van der Waals surface area contributed by atoms with Crippen LogP contribution in [0.4, 0.5) is 0 Å². The third-order valence-corrected chi connectivity index (χ3v) is 2.55. The van der Waals surface area contributed by atoms with Crippen molar-refractivity contribution in [2.75, 3.05) is 0 Å². The van der Waals surface area contributed by atoms with Crippen molar-refractivity contribution >= 4 is 34.5 Å². The number of halogens is 1. The Balaban J connectivity index is 3.04. The first-order chi connectivity index (χ1) is 7.41. The number of hydrogen-bond donors (Lipinski definition) is 2. The number of aromatic carboxylic acids is 1. The molecular weight excluding hydrogens is 325 g/mol. The Morgan fingerprint density at radius 1 is 1.50 bits per heavy atom. The normalized spacial score (nSPS) is 11.9. The minimum atomic E-state index is -1.11. The molecule has 6 heteroatoms. The van der Waals surface area contributed by atoms with Gasteiger partial charge in [-0.15, -0.1) is 0 Å². The fourth-order valence-corrected chi connectivity index (χ4v) is 1.51. The summed E-state index contributed by atoms with van der Waals surface area (Å²) in [5, 5.41) is 8.94. The van der Waals surface area contributed by atoms with E-state index in [0.717, 1.165) is 3.57 Å². The zero-order valence-electron chi connectivity index (χ0n) is 8.44. The molecule has 0 saturated carbocycles. The van der Waals surface area contributed by atoms with Crippen LogP contribution in [0.2, 0.25) is 0 Å². The second-order valence-electron chi connectivity index (χ2n) is 3.11. The van der Waals surface area contributed by atoms with Crippen LogP contribution in [0.5, 0.6) is 5.75 Å². The fraction of sp³-hybridized carbons (Fsp3) is 0.200. The summed E-state index contributed by atoms with van der Waals surface area (Å²) in [6.45, 7) is 1.46. The Bertz CT molecular complexity index is 433. The second-order valence-corrected chi connectivity index (χ2v) is 4.35. The van der Waals surface area contributed by atoms with Crippen molar-refractivity contribution in [2.45, 2.75) is 13.0 Å². The van der Waals surface area contributed by atoms with Crippen molar-refractivity contribution in [1.29, 1.82) is 0 Å². The molecule has 0 bridgehead atoms. The van der Waals surface area contributed by atoms with E-state index in [4.69, 9.17) is 15.6 Å². The molecule has 0 aliphatic carbocycles. The molecule has 0 aliphatic heterocycles. The van der Waals surface area contributed by atoms with Crippen molar-refractivity contribution in [3.8, 4) is 5.75 Å². The zero-order chi connectivity index (χ0) is 12.3. The summed E-state index contributed by atoms with van der Waals surface area (Å²) < 4.78 is 5.94. The van der Waals surface area contributed by atoms with E-state index in [1.807, 2.05) is 22.6 Å². The molecule has 1 aromatic carbocycles. The number of carbonyl (C=O) groups excluding carboxylic acids is 1. The lowest BCUT2D eigenvalue weighted by Crippen LogP contribution is -2.31. The van der Waals surface area contributed by atoms with Gasteiger partial charge in [0.2, 0.25) is 0 Å². The SMILES string of the molecule is CC(Oc1ccc(I)cc1C(=O)O)C(N)=O. The number of nitrogens with two attached hydrogens (primary N) is 1. The molecule has 1 unspecified atom stereocenters. The highest BCUT2D eigenvalue weighted by atomic mass is 127. The van der Waals surface area contributed by atoms with E-state index in [2.05, 4.69) is 0 Å². The van der Waals surface area contributed by atoms with Crippen molar-refractivity contribution < 1.29 is 19.4 Å². The van der Waals surface area contributed by atoms with Gasteiger partial charge in [-0.2, -0.15) is 0 Å². The van der Waals surface area contributed by atoms with Crippen LogP contribution in [0.25, 0.3) is 0 Å². The molecule has 86 valence electrons. The monoisotopic (exact) mass is 335 g/mol. The van der Waals surface area contributed by atoms with Gasteiger partial charge >= 0.3 is 5.97 Å². The molecule has 0 aliphatic rings. The summed E-state index contributed by atoms with van der Waals surface area (Å²) >= 11 is 1.99. The molecule has 0 radical (unpaired) electrons. The minimum absolute atomic E-state index is 0.0139. The standard InChI is InChI=1S/C10H10INO4/c1-5(9(12)13)16-8-3-2-6(11)4-7(8)10(14)15/h2-5H,1H3,(H2,12,13)(H,14,15). The molecular formula is C10H10INO4. The van der Waals surface area contributed by atoms with Crippen LogP contribution in [-0.4, -0.2) is 23.1 Å². The van der Waals surface area contributed by atoms with Crippen molar-refractivity contribution in [3.05, 3.63) is 27.3 Å². The maximum Gasteiger partial charge on any atom is 0.339 e. The van der Waals surface area contributed by atoms with Gasteiger partial charge in [-0.1, -0.05) is 0 Å². The molecule has 0 aromatic heterocycles. The number of ether oxygens (including phenoxy) is 1. The van der Waals surface area contributed by atoms with E-state index < -0.39 is 18.0 Å². The topological polar surface area (TPSA) is 89.6 Å². The molecule has 16 heavy (non-hydrogen) atoms. The minimum Gasteiger partial charge on any atom is -0.480 e. The van der Waals surface area contributed by atoms with Crippen LogP contribution in [0.3, 0.4) is 0 Å². The van der Waals surface area contributed by atoms with Gasteiger partial charge in [-0.05, 0) is 47.7 Å². The van der Waals surface area contributed by atoms with Gasteiger partial charge in [0.05, 0.1) is 0 Å². The number of carbonyl (C=O) groups is 2. The van der Waals surface area contributed by atoms with Gasteiger partial charge in [0.1, 0.15) is 11.3 Å².